The molecule has 0 radical (unpaired) electrons. The Bertz CT molecular complexity index is 759. The molecule has 0 N–H and O–H groups in total. The van der Waals surface area contributed by atoms with Gasteiger partial charge in [-0.25, -0.2) is 0 Å². The second kappa shape index (κ2) is 13.1. The maximum absolute atomic E-state index is 5.57. The van der Waals surface area contributed by atoms with Crippen LogP contribution in [0.15, 0.2) is 24.3 Å². The molecule has 156 valence electrons. The highest BCUT2D eigenvalue weighted by Crippen LogP contribution is 2.23. The van der Waals surface area contributed by atoms with Crippen molar-refractivity contribution >= 4 is 23.1 Å². The molecule has 1 aromatic heterocycles. The van der Waals surface area contributed by atoms with Crippen LogP contribution in [0, 0.1) is 11.6 Å². The molecule has 0 aliphatic rings. The van der Waals surface area contributed by atoms with E-state index in [1.165, 1.54) is 106 Å². The van der Waals surface area contributed by atoms with Crippen LogP contribution >= 0.6 is 12.2 Å². The molecule has 2 heteroatoms. The SMILES string of the molecule is CCCCCCCCCCCCCCCc1cc(=S)n(C)c2cc(C)ccc12. The predicted octanol–water partition coefficient (Wildman–Crippen LogP) is 8.85. The van der Waals surface area contributed by atoms with E-state index < -0.39 is 0 Å². The Hall–Kier alpha value is -1.15. The number of unbranched alkanes of at least 4 members (excludes halogenated alkanes) is 12. The first-order chi connectivity index (χ1) is 13.6. The fraction of sp³-hybridized carbons (Fsp3) is 0.654. The fourth-order valence-corrected chi connectivity index (χ4v) is 4.41. The summed E-state index contributed by atoms with van der Waals surface area (Å²) in [6.45, 7) is 4.45. The van der Waals surface area contributed by atoms with Gasteiger partial charge in [0.15, 0.2) is 0 Å². The third-order valence-corrected chi connectivity index (χ3v) is 6.43. The van der Waals surface area contributed by atoms with Gasteiger partial charge in [-0.05, 0) is 43.0 Å². The molecule has 0 aliphatic carbocycles. The van der Waals surface area contributed by atoms with E-state index in [4.69, 9.17) is 12.2 Å². The average molecular weight is 400 g/mol. The molecule has 2 aromatic rings. The molecule has 1 heterocycles. The number of aryl methyl sites for hydroxylation is 3. The third-order valence-electron chi connectivity index (χ3n) is 6.04. The zero-order valence-electron chi connectivity index (χ0n) is 18.6. The van der Waals surface area contributed by atoms with E-state index in [9.17, 15) is 0 Å². The largest absolute Gasteiger partial charge is 0.335 e. The number of hydrogen-bond donors (Lipinski definition) is 0. The van der Waals surface area contributed by atoms with E-state index in [0.29, 0.717) is 0 Å². The first kappa shape index (κ1) is 23.1. The molecule has 1 nitrogen and oxygen atoms in total. The molecule has 0 fully saturated rings. The van der Waals surface area contributed by atoms with Crippen molar-refractivity contribution in [3.63, 3.8) is 0 Å². The van der Waals surface area contributed by atoms with Gasteiger partial charge in [-0.1, -0.05) is 108 Å². The van der Waals surface area contributed by atoms with Crippen LogP contribution in [0.3, 0.4) is 0 Å². The summed E-state index contributed by atoms with van der Waals surface area (Å²) in [4.78, 5) is 0. The summed E-state index contributed by atoms with van der Waals surface area (Å²) >= 11 is 5.57. The average Bonchev–Trinajstić information content (AvgIpc) is 2.69. The maximum atomic E-state index is 5.57. The molecule has 0 atom stereocenters. The van der Waals surface area contributed by atoms with E-state index in [1.54, 1.807) is 0 Å². The van der Waals surface area contributed by atoms with Gasteiger partial charge in [-0.3, -0.25) is 0 Å². The second-order valence-electron chi connectivity index (χ2n) is 8.58. The molecule has 0 spiro atoms. The Morgan fingerprint density at radius 1 is 0.750 bits per heavy atom. The first-order valence-electron chi connectivity index (χ1n) is 11.7. The Balaban J connectivity index is 1.62. The van der Waals surface area contributed by atoms with E-state index in [0.717, 1.165) is 11.1 Å². The summed E-state index contributed by atoms with van der Waals surface area (Å²) in [6.07, 6.45) is 19.4. The molecule has 0 amide bonds. The highest BCUT2D eigenvalue weighted by Gasteiger charge is 2.05. The zero-order valence-corrected chi connectivity index (χ0v) is 19.4. The number of fused-ring (bicyclic) bond motifs is 1. The number of pyridine rings is 1. The van der Waals surface area contributed by atoms with Crippen LogP contribution in [0.4, 0.5) is 0 Å². The monoisotopic (exact) mass is 399 g/mol. The molecule has 1 aromatic carbocycles. The van der Waals surface area contributed by atoms with Gasteiger partial charge in [0.2, 0.25) is 0 Å². The first-order valence-corrected chi connectivity index (χ1v) is 12.1. The molecule has 0 saturated heterocycles. The molecular formula is C26H41NS. The standard InChI is InChI=1S/C26H41NS/c1-4-5-6-7-8-9-10-11-12-13-14-15-16-17-23-21-26(28)27(3)25-20-22(2)18-19-24(23)25/h18-21H,4-17H2,1-3H3. The lowest BCUT2D eigenvalue weighted by Crippen LogP contribution is -1.99. The summed E-state index contributed by atoms with van der Waals surface area (Å²) in [5, 5.41) is 1.38. The molecule has 0 bridgehead atoms. The van der Waals surface area contributed by atoms with Crippen molar-refractivity contribution in [3.8, 4) is 0 Å². The lowest BCUT2D eigenvalue weighted by atomic mass is 10.00. The van der Waals surface area contributed by atoms with Gasteiger partial charge < -0.3 is 4.57 Å². The highest BCUT2D eigenvalue weighted by atomic mass is 32.1. The maximum Gasteiger partial charge on any atom is 0.106 e. The highest BCUT2D eigenvalue weighted by molar-refractivity contribution is 7.71. The normalized spacial score (nSPS) is 11.4. The molecule has 2 rings (SSSR count). The van der Waals surface area contributed by atoms with Crippen molar-refractivity contribution in [2.75, 3.05) is 0 Å². The molecule has 28 heavy (non-hydrogen) atoms. The molecule has 0 aliphatic heterocycles. The van der Waals surface area contributed by atoms with Gasteiger partial charge in [0.05, 0.1) is 0 Å². The summed E-state index contributed by atoms with van der Waals surface area (Å²) in [6, 6.07) is 8.97. The Morgan fingerprint density at radius 3 is 1.86 bits per heavy atom. The van der Waals surface area contributed by atoms with Crippen molar-refractivity contribution in [2.24, 2.45) is 7.05 Å². The number of hydrogen-bond acceptors (Lipinski definition) is 1. The van der Waals surface area contributed by atoms with Crippen LogP contribution in [-0.2, 0) is 13.5 Å². The quantitative estimate of drug-likeness (QED) is 0.227. The smallest absolute Gasteiger partial charge is 0.106 e. The number of nitrogens with zero attached hydrogens (tertiary/aromatic N) is 1. The Kier molecular flexibility index (Phi) is 10.9. The van der Waals surface area contributed by atoms with Gasteiger partial charge in [-0.2, -0.15) is 0 Å². The van der Waals surface area contributed by atoms with Crippen molar-refractivity contribution in [1.29, 1.82) is 0 Å². The van der Waals surface area contributed by atoms with Gasteiger partial charge in [-0.15, -0.1) is 0 Å². The van der Waals surface area contributed by atoms with Crippen LogP contribution in [0.1, 0.15) is 102 Å². The summed E-state index contributed by atoms with van der Waals surface area (Å²) < 4.78 is 3.09. The third kappa shape index (κ3) is 7.70. The van der Waals surface area contributed by atoms with E-state index in [2.05, 4.69) is 49.7 Å². The Labute approximate surface area is 178 Å². The lowest BCUT2D eigenvalue weighted by molar-refractivity contribution is 0.539. The minimum Gasteiger partial charge on any atom is -0.335 e. The van der Waals surface area contributed by atoms with E-state index in [-0.39, 0.29) is 0 Å². The number of benzene rings is 1. The van der Waals surface area contributed by atoms with Gasteiger partial charge in [0, 0.05) is 18.0 Å². The van der Waals surface area contributed by atoms with Crippen LogP contribution in [0.25, 0.3) is 10.9 Å². The van der Waals surface area contributed by atoms with Crippen molar-refractivity contribution in [1.82, 2.24) is 4.57 Å². The van der Waals surface area contributed by atoms with Crippen molar-refractivity contribution in [3.05, 3.63) is 40.0 Å². The van der Waals surface area contributed by atoms with Crippen molar-refractivity contribution in [2.45, 2.75) is 104 Å². The number of rotatable bonds is 14. The summed E-state index contributed by atoms with van der Waals surface area (Å²) in [7, 11) is 2.08. The minimum atomic E-state index is 0.947. The van der Waals surface area contributed by atoms with Crippen molar-refractivity contribution < 1.29 is 0 Å². The lowest BCUT2D eigenvalue weighted by Gasteiger charge is -2.12. The van der Waals surface area contributed by atoms with E-state index in [1.807, 2.05) is 0 Å². The zero-order chi connectivity index (χ0) is 20.2. The van der Waals surface area contributed by atoms with Crippen LogP contribution in [-0.4, -0.2) is 4.57 Å². The molecule has 0 unspecified atom stereocenters. The van der Waals surface area contributed by atoms with Gasteiger partial charge in [0.25, 0.3) is 0 Å². The molecular weight excluding hydrogens is 358 g/mol. The van der Waals surface area contributed by atoms with Crippen LogP contribution in [0.5, 0.6) is 0 Å². The number of aromatic nitrogens is 1. The van der Waals surface area contributed by atoms with Gasteiger partial charge in [0.1, 0.15) is 4.64 Å². The Morgan fingerprint density at radius 2 is 1.29 bits per heavy atom. The second-order valence-corrected chi connectivity index (χ2v) is 9.00. The topological polar surface area (TPSA) is 4.93 Å². The summed E-state index contributed by atoms with van der Waals surface area (Å²) in [5.41, 5.74) is 4.01. The van der Waals surface area contributed by atoms with Crippen LogP contribution in [0.2, 0.25) is 0 Å². The van der Waals surface area contributed by atoms with Crippen LogP contribution < -0.4 is 0 Å². The fourth-order valence-electron chi connectivity index (χ4n) is 4.17. The van der Waals surface area contributed by atoms with Gasteiger partial charge >= 0.3 is 0 Å². The predicted molar refractivity (Wildman–Crippen MR) is 128 cm³/mol. The van der Waals surface area contributed by atoms with E-state index >= 15 is 0 Å². The summed E-state index contributed by atoms with van der Waals surface area (Å²) in [5.74, 6) is 0. The molecule has 0 saturated carbocycles. The minimum absolute atomic E-state index is 0.947.